The summed E-state index contributed by atoms with van der Waals surface area (Å²) in [5.41, 5.74) is 12.7. The molecule has 6 heteroatoms. The van der Waals surface area contributed by atoms with Crippen LogP contribution >= 0.6 is 0 Å². The van der Waals surface area contributed by atoms with Crippen LogP contribution < -0.4 is 16.4 Å². The van der Waals surface area contributed by atoms with Crippen LogP contribution in [0.3, 0.4) is 0 Å². The maximum Gasteiger partial charge on any atom is 0.226 e. The van der Waals surface area contributed by atoms with Gasteiger partial charge in [-0.25, -0.2) is 0 Å². The van der Waals surface area contributed by atoms with E-state index < -0.39 is 0 Å². The van der Waals surface area contributed by atoms with Gasteiger partial charge in [0.15, 0.2) is 0 Å². The minimum Gasteiger partial charge on any atom is -0.404 e. The number of nitrogens with zero attached hydrogens (tertiary/aromatic N) is 2. The summed E-state index contributed by atoms with van der Waals surface area (Å²) in [5.74, 6) is 0.0248. The molecule has 0 aliphatic carbocycles. The molecule has 0 saturated heterocycles. The Kier molecular flexibility index (Phi) is 4.84. The molecule has 0 fully saturated rings. The molecule has 0 unspecified atom stereocenters. The van der Waals surface area contributed by atoms with E-state index in [2.05, 4.69) is 51.5 Å². The minimum absolute atomic E-state index is 0.0248. The van der Waals surface area contributed by atoms with Crippen LogP contribution in [-0.4, -0.2) is 29.8 Å². The largest absolute Gasteiger partial charge is 0.404 e. The van der Waals surface area contributed by atoms with Gasteiger partial charge in [-0.05, 0) is 19.1 Å². The lowest BCUT2D eigenvalue weighted by Crippen LogP contribution is -2.19. The number of nitrogens with two attached hydrogens (primary N) is 1. The monoisotopic (exact) mass is 387 g/mol. The predicted molar refractivity (Wildman–Crippen MR) is 121 cm³/mol. The quantitative estimate of drug-likeness (QED) is 0.594. The Labute approximate surface area is 170 Å². The van der Waals surface area contributed by atoms with Crippen LogP contribution in [0.25, 0.3) is 27.7 Å². The number of aliphatic imine (C=N–C) groups is 1. The van der Waals surface area contributed by atoms with E-state index in [1.54, 1.807) is 19.5 Å². The summed E-state index contributed by atoms with van der Waals surface area (Å²) in [7, 11) is 3.79. The third-order valence-electron chi connectivity index (χ3n) is 5.31. The molecule has 2 aromatic carbocycles. The van der Waals surface area contributed by atoms with Gasteiger partial charge in [-0.1, -0.05) is 30.3 Å². The number of hydrogen-bond donors (Lipinski definition) is 3. The molecular weight excluding hydrogens is 362 g/mol. The highest BCUT2D eigenvalue weighted by Crippen LogP contribution is 2.39. The summed E-state index contributed by atoms with van der Waals surface area (Å²) >= 11 is 0. The number of amides is 1. The van der Waals surface area contributed by atoms with Crippen LogP contribution in [0.1, 0.15) is 18.9 Å². The summed E-state index contributed by atoms with van der Waals surface area (Å²) in [6, 6.07) is 14.4. The summed E-state index contributed by atoms with van der Waals surface area (Å²) in [5, 5.41) is 7.65. The molecule has 1 atom stereocenters. The normalized spacial score (nSPS) is 17.1. The molecule has 29 heavy (non-hydrogen) atoms. The Bertz CT molecular complexity index is 1160. The molecule has 3 aromatic rings. The number of carbonyl (C=O) groups is 1. The molecule has 6 nitrogen and oxygen atoms in total. The first kappa shape index (κ1) is 18.8. The van der Waals surface area contributed by atoms with E-state index in [1.165, 1.54) is 0 Å². The molecule has 0 bridgehead atoms. The van der Waals surface area contributed by atoms with E-state index in [1.807, 2.05) is 25.1 Å². The summed E-state index contributed by atoms with van der Waals surface area (Å²) < 4.78 is 2.17. The molecular formula is C23H25N5O. The average molecular weight is 387 g/mol. The number of carbonyl (C=O) groups excluding carboxylic acids is 1. The fourth-order valence-electron chi connectivity index (χ4n) is 4.05. The van der Waals surface area contributed by atoms with Gasteiger partial charge in [-0.2, -0.15) is 0 Å². The van der Waals surface area contributed by atoms with Crippen LogP contribution in [0.2, 0.25) is 0 Å². The number of rotatable bonds is 3. The third kappa shape index (κ3) is 3.27. The highest BCUT2D eigenvalue weighted by molar-refractivity contribution is 6.14. The van der Waals surface area contributed by atoms with Gasteiger partial charge in [0.2, 0.25) is 5.91 Å². The summed E-state index contributed by atoms with van der Waals surface area (Å²) in [4.78, 5) is 16.3. The zero-order valence-corrected chi connectivity index (χ0v) is 16.9. The molecule has 1 amide bonds. The summed E-state index contributed by atoms with van der Waals surface area (Å²) in [6.07, 6.45) is 3.80. The maximum atomic E-state index is 12.1. The maximum absolute atomic E-state index is 12.1. The fraction of sp³-hybridized carbons (Fsp3) is 0.217. The van der Waals surface area contributed by atoms with Crippen LogP contribution in [0, 0.1) is 0 Å². The smallest absolute Gasteiger partial charge is 0.226 e. The second-order valence-electron chi connectivity index (χ2n) is 7.37. The Morgan fingerprint density at radius 3 is 2.83 bits per heavy atom. The van der Waals surface area contributed by atoms with Crippen molar-refractivity contribution in [3.05, 3.63) is 54.2 Å². The molecule has 4 N–H and O–H groups in total. The number of aryl methyl sites for hydroxylation is 1. The van der Waals surface area contributed by atoms with Crippen molar-refractivity contribution in [3.63, 3.8) is 0 Å². The molecule has 148 valence electrons. The standard InChI is InChI=1S/C23H25N5O/c1-14-10-21(29)27-19-9-5-8-18(22(19)26-14)20-11-15-6-4-7-17(23(15)28(20)3)16(12-24)13-25-2/h4-9,11-14,26H,10,24H2,1-3H3,(H,27,29)/b16-12+,25-13?/t14-/m1/s1. The number of fused-ring (bicyclic) bond motifs is 2. The SMILES string of the molecule is CN=C/C(=C\N)c1cccc2cc(-c3cccc4c3N[C@H](C)CC(=O)N4)n(C)c12. The first-order chi connectivity index (χ1) is 14.0. The number of para-hydroxylation sites is 2. The van der Waals surface area contributed by atoms with Gasteiger partial charge >= 0.3 is 0 Å². The zero-order valence-electron chi connectivity index (χ0n) is 16.9. The second-order valence-corrected chi connectivity index (χ2v) is 7.37. The summed E-state index contributed by atoms with van der Waals surface area (Å²) in [6.45, 7) is 2.02. The molecule has 0 spiro atoms. The number of benzene rings is 2. The minimum atomic E-state index is 0.0248. The Morgan fingerprint density at radius 2 is 2.07 bits per heavy atom. The fourth-order valence-corrected chi connectivity index (χ4v) is 4.05. The number of allylic oxidation sites excluding steroid dienone is 1. The van der Waals surface area contributed by atoms with Crippen molar-refractivity contribution >= 4 is 40.0 Å². The van der Waals surface area contributed by atoms with Crippen molar-refractivity contribution in [2.45, 2.75) is 19.4 Å². The van der Waals surface area contributed by atoms with Crippen molar-refractivity contribution < 1.29 is 4.79 Å². The van der Waals surface area contributed by atoms with Gasteiger partial charge in [0.1, 0.15) is 0 Å². The molecule has 1 aliphatic heterocycles. The molecule has 1 aromatic heterocycles. The average Bonchev–Trinajstić information content (AvgIpc) is 2.95. The number of nitrogens with one attached hydrogen (secondary N) is 2. The third-order valence-corrected chi connectivity index (χ3v) is 5.31. The highest BCUT2D eigenvalue weighted by Gasteiger charge is 2.22. The Hall–Kier alpha value is -3.54. The second kappa shape index (κ2) is 7.47. The molecule has 4 rings (SSSR count). The van der Waals surface area contributed by atoms with E-state index in [-0.39, 0.29) is 11.9 Å². The first-order valence-electron chi connectivity index (χ1n) is 9.66. The highest BCUT2D eigenvalue weighted by atomic mass is 16.1. The lowest BCUT2D eigenvalue weighted by atomic mass is 10.0. The van der Waals surface area contributed by atoms with Gasteiger partial charge in [-0.15, -0.1) is 0 Å². The molecule has 1 aliphatic rings. The van der Waals surface area contributed by atoms with Crippen molar-refractivity contribution in [1.82, 2.24) is 4.57 Å². The van der Waals surface area contributed by atoms with Crippen molar-refractivity contribution in [2.75, 3.05) is 17.7 Å². The van der Waals surface area contributed by atoms with E-state index >= 15 is 0 Å². The molecule has 0 saturated carbocycles. The van der Waals surface area contributed by atoms with Gasteiger partial charge in [-0.3, -0.25) is 9.79 Å². The number of hydrogen-bond acceptors (Lipinski definition) is 4. The number of anilines is 2. The van der Waals surface area contributed by atoms with Crippen LogP contribution in [0.15, 0.2) is 53.7 Å². The predicted octanol–water partition coefficient (Wildman–Crippen LogP) is 3.99. The Balaban J connectivity index is 1.95. The number of aromatic nitrogens is 1. The topological polar surface area (TPSA) is 84.4 Å². The van der Waals surface area contributed by atoms with Crippen LogP contribution in [0.4, 0.5) is 11.4 Å². The lowest BCUT2D eigenvalue weighted by molar-refractivity contribution is -0.116. The molecule has 0 radical (unpaired) electrons. The molecule has 2 heterocycles. The van der Waals surface area contributed by atoms with Crippen molar-refractivity contribution in [2.24, 2.45) is 17.8 Å². The van der Waals surface area contributed by atoms with Crippen molar-refractivity contribution in [1.29, 1.82) is 0 Å². The van der Waals surface area contributed by atoms with E-state index in [9.17, 15) is 4.79 Å². The first-order valence-corrected chi connectivity index (χ1v) is 9.66. The van der Waals surface area contributed by atoms with Gasteiger partial charge in [0, 0.05) is 61.1 Å². The lowest BCUT2D eigenvalue weighted by Gasteiger charge is -2.17. The van der Waals surface area contributed by atoms with E-state index in [4.69, 9.17) is 5.73 Å². The van der Waals surface area contributed by atoms with Crippen LogP contribution in [0.5, 0.6) is 0 Å². The van der Waals surface area contributed by atoms with Crippen LogP contribution in [-0.2, 0) is 11.8 Å². The van der Waals surface area contributed by atoms with Gasteiger partial charge < -0.3 is 20.9 Å². The van der Waals surface area contributed by atoms with E-state index in [0.717, 1.165) is 44.7 Å². The van der Waals surface area contributed by atoms with Gasteiger partial charge in [0.05, 0.1) is 22.6 Å². The zero-order chi connectivity index (χ0) is 20.5. The Morgan fingerprint density at radius 1 is 1.28 bits per heavy atom. The van der Waals surface area contributed by atoms with E-state index in [0.29, 0.717) is 6.42 Å². The van der Waals surface area contributed by atoms with Crippen molar-refractivity contribution in [3.8, 4) is 11.3 Å². The van der Waals surface area contributed by atoms with Gasteiger partial charge in [0.25, 0.3) is 0 Å².